The molecule has 0 spiro atoms. The number of alkyl halides is 3. The van der Waals surface area contributed by atoms with E-state index in [1.54, 1.807) is 11.0 Å². The van der Waals surface area contributed by atoms with Crippen LogP contribution in [-0.4, -0.2) is 26.2 Å². The normalized spacial score (nSPS) is 15.1. The highest BCUT2D eigenvalue weighted by atomic mass is 19.4. The molecular formula is C24H19F3N2O2. The Morgan fingerprint density at radius 1 is 0.742 bits per heavy atom. The van der Waals surface area contributed by atoms with Crippen LogP contribution in [0.3, 0.4) is 0 Å². The molecular weight excluding hydrogens is 405 g/mol. The minimum absolute atomic E-state index is 0.193. The molecule has 0 unspecified atom stereocenters. The maximum Gasteiger partial charge on any atom is 0.418 e. The van der Waals surface area contributed by atoms with Crippen molar-refractivity contribution in [2.45, 2.75) is 6.18 Å². The van der Waals surface area contributed by atoms with E-state index in [9.17, 15) is 18.0 Å². The summed E-state index contributed by atoms with van der Waals surface area (Å²) in [7, 11) is 0. The summed E-state index contributed by atoms with van der Waals surface area (Å²) in [6.07, 6.45) is -4.40. The number of hydrogen-bond donors (Lipinski definition) is 0. The second kappa shape index (κ2) is 7.34. The highest BCUT2D eigenvalue weighted by molar-refractivity contribution is 6.08. The number of halogens is 3. The molecule has 0 saturated carbocycles. The number of benzene rings is 3. The van der Waals surface area contributed by atoms with Gasteiger partial charge in [0.2, 0.25) is 0 Å². The van der Waals surface area contributed by atoms with Crippen LogP contribution < -0.4 is 15.4 Å². The van der Waals surface area contributed by atoms with Crippen LogP contribution in [0.5, 0.6) is 0 Å². The minimum Gasteiger partial charge on any atom is -0.422 e. The van der Waals surface area contributed by atoms with Crippen molar-refractivity contribution in [1.29, 1.82) is 0 Å². The van der Waals surface area contributed by atoms with Gasteiger partial charge in [-0.3, -0.25) is 0 Å². The Balaban J connectivity index is 1.48. The van der Waals surface area contributed by atoms with Crippen molar-refractivity contribution in [3.8, 4) is 0 Å². The van der Waals surface area contributed by atoms with Crippen molar-refractivity contribution in [1.82, 2.24) is 0 Å². The highest BCUT2D eigenvalue weighted by Gasteiger charge is 2.35. The molecule has 0 aliphatic carbocycles. The van der Waals surface area contributed by atoms with E-state index in [0.29, 0.717) is 31.8 Å². The van der Waals surface area contributed by atoms with Gasteiger partial charge in [0.25, 0.3) is 0 Å². The maximum absolute atomic E-state index is 13.4. The van der Waals surface area contributed by atoms with Crippen molar-refractivity contribution in [2.75, 3.05) is 36.0 Å². The molecule has 1 saturated heterocycles. The summed E-state index contributed by atoms with van der Waals surface area (Å²) in [4.78, 5) is 16.1. The molecule has 0 atom stereocenters. The molecule has 4 nitrogen and oxygen atoms in total. The number of piperazine rings is 1. The Hall–Kier alpha value is -3.48. The molecule has 0 bridgehead atoms. The molecule has 1 aliphatic rings. The second-order valence-electron chi connectivity index (χ2n) is 7.60. The molecule has 0 amide bonds. The number of fused-ring (bicyclic) bond motifs is 3. The Kier molecular flexibility index (Phi) is 4.61. The van der Waals surface area contributed by atoms with Gasteiger partial charge in [0.15, 0.2) is 0 Å². The predicted molar refractivity (Wildman–Crippen MR) is 116 cm³/mol. The topological polar surface area (TPSA) is 36.7 Å². The van der Waals surface area contributed by atoms with Gasteiger partial charge in [0.1, 0.15) is 5.58 Å². The van der Waals surface area contributed by atoms with Crippen LogP contribution >= 0.6 is 0 Å². The molecule has 1 aromatic heterocycles. The van der Waals surface area contributed by atoms with E-state index < -0.39 is 17.4 Å². The molecule has 0 N–H and O–H groups in total. The molecule has 2 heterocycles. The summed E-state index contributed by atoms with van der Waals surface area (Å²) < 4.78 is 45.8. The van der Waals surface area contributed by atoms with Gasteiger partial charge >= 0.3 is 11.8 Å². The minimum atomic E-state index is -4.40. The van der Waals surface area contributed by atoms with Crippen LogP contribution in [0.25, 0.3) is 21.7 Å². The summed E-state index contributed by atoms with van der Waals surface area (Å²) in [5, 5.41) is 2.66. The molecule has 5 rings (SSSR count). The first-order valence-corrected chi connectivity index (χ1v) is 10.0. The van der Waals surface area contributed by atoms with Crippen LogP contribution in [0.2, 0.25) is 0 Å². The average molecular weight is 424 g/mol. The third-order valence-electron chi connectivity index (χ3n) is 5.78. The van der Waals surface area contributed by atoms with Gasteiger partial charge in [-0.25, -0.2) is 4.79 Å². The Labute approximate surface area is 176 Å². The summed E-state index contributed by atoms with van der Waals surface area (Å²) in [5.74, 6) is 0. The van der Waals surface area contributed by atoms with Gasteiger partial charge in [-0.2, -0.15) is 13.2 Å². The lowest BCUT2D eigenvalue weighted by Crippen LogP contribution is -2.47. The van der Waals surface area contributed by atoms with Gasteiger partial charge in [-0.05, 0) is 23.6 Å². The molecule has 4 aromatic rings. The number of nitrogens with zero attached hydrogens (tertiary/aromatic N) is 2. The lowest BCUT2D eigenvalue weighted by Gasteiger charge is -2.38. The van der Waals surface area contributed by atoms with E-state index in [4.69, 9.17) is 4.42 Å². The van der Waals surface area contributed by atoms with Crippen LogP contribution in [0.1, 0.15) is 5.56 Å². The standard InChI is InChI=1S/C24H19F3N2O2/c25-24(26,27)19-7-3-4-8-20(19)28-11-13-29(14-12-28)21-15-22(30)31-23-17-6-2-1-5-16(17)9-10-18(21)23/h1-10,15H,11-14H2. The molecule has 3 aromatic carbocycles. The van der Waals surface area contributed by atoms with Crippen molar-refractivity contribution in [2.24, 2.45) is 0 Å². The SMILES string of the molecule is O=c1cc(N2CCN(c3ccccc3C(F)(F)F)CC2)c2ccc3ccccc3c2o1. The number of para-hydroxylation sites is 1. The fourth-order valence-electron chi connectivity index (χ4n) is 4.31. The van der Waals surface area contributed by atoms with Crippen LogP contribution in [-0.2, 0) is 6.18 Å². The van der Waals surface area contributed by atoms with E-state index >= 15 is 0 Å². The fraction of sp³-hybridized carbons (Fsp3) is 0.208. The Bertz CT molecular complexity index is 1320. The fourth-order valence-corrected chi connectivity index (χ4v) is 4.31. The van der Waals surface area contributed by atoms with E-state index in [1.807, 2.05) is 41.3 Å². The smallest absolute Gasteiger partial charge is 0.418 e. The van der Waals surface area contributed by atoms with Crippen molar-refractivity contribution >= 4 is 33.1 Å². The van der Waals surface area contributed by atoms with E-state index in [0.717, 1.165) is 27.9 Å². The lowest BCUT2D eigenvalue weighted by atomic mass is 10.1. The summed E-state index contributed by atoms with van der Waals surface area (Å²) in [6, 6.07) is 18.7. The van der Waals surface area contributed by atoms with Crippen molar-refractivity contribution < 1.29 is 17.6 Å². The first kappa shape index (κ1) is 19.5. The number of anilines is 2. The zero-order chi connectivity index (χ0) is 21.6. The Morgan fingerprint density at radius 3 is 2.13 bits per heavy atom. The average Bonchev–Trinajstić information content (AvgIpc) is 2.78. The highest BCUT2D eigenvalue weighted by Crippen LogP contribution is 2.37. The maximum atomic E-state index is 13.4. The zero-order valence-corrected chi connectivity index (χ0v) is 16.5. The van der Waals surface area contributed by atoms with Crippen LogP contribution in [0, 0.1) is 0 Å². The summed E-state index contributed by atoms with van der Waals surface area (Å²) in [6.45, 7) is 1.83. The molecule has 7 heteroatoms. The summed E-state index contributed by atoms with van der Waals surface area (Å²) in [5.41, 5.74) is 0.411. The number of hydrogen-bond acceptors (Lipinski definition) is 4. The van der Waals surface area contributed by atoms with Gasteiger partial charge < -0.3 is 14.2 Å². The first-order valence-electron chi connectivity index (χ1n) is 10.0. The molecule has 1 aliphatic heterocycles. The largest absolute Gasteiger partial charge is 0.422 e. The van der Waals surface area contributed by atoms with Crippen LogP contribution in [0.4, 0.5) is 24.5 Å². The van der Waals surface area contributed by atoms with Crippen molar-refractivity contribution in [3.63, 3.8) is 0 Å². The third-order valence-corrected chi connectivity index (χ3v) is 5.78. The Morgan fingerprint density at radius 2 is 1.39 bits per heavy atom. The third kappa shape index (κ3) is 3.50. The monoisotopic (exact) mass is 424 g/mol. The van der Waals surface area contributed by atoms with Crippen molar-refractivity contribution in [3.05, 3.63) is 82.7 Å². The molecule has 0 radical (unpaired) electrons. The number of rotatable bonds is 2. The van der Waals surface area contributed by atoms with Gasteiger partial charge in [-0.15, -0.1) is 0 Å². The molecule has 1 fully saturated rings. The first-order chi connectivity index (χ1) is 14.9. The van der Waals surface area contributed by atoms with Gasteiger partial charge in [0.05, 0.1) is 11.3 Å². The lowest BCUT2D eigenvalue weighted by molar-refractivity contribution is -0.137. The molecule has 158 valence electrons. The van der Waals surface area contributed by atoms with Gasteiger partial charge in [0, 0.05) is 48.7 Å². The molecule has 31 heavy (non-hydrogen) atoms. The van der Waals surface area contributed by atoms with E-state index in [2.05, 4.69) is 0 Å². The van der Waals surface area contributed by atoms with E-state index in [1.165, 1.54) is 18.2 Å². The second-order valence-corrected chi connectivity index (χ2v) is 7.60. The zero-order valence-electron chi connectivity index (χ0n) is 16.5. The van der Waals surface area contributed by atoms with Gasteiger partial charge in [-0.1, -0.05) is 42.5 Å². The quantitative estimate of drug-likeness (QED) is 0.324. The predicted octanol–water partition coefficient (Wildman–Crippen LogP) is 5.29. The van der Waals surface area contributed by atoms with Crippen LogP contribution in [0.15, 0.2) is 75.9 Å². The summed E-state index contributed by atoms with van der Waals surface area (Å²) >= 11 is 0. The van der Waals surface area contributed by atoms with E-state index in [-0.39, 0.29) is 5.69 Å².